The van der Waals surface area contributed by atoms with Gasteiger partial charge >= 0.3 is 0 Å². The average Bonchev–Trinajstić information content (AvgIpc) is 2.72. The lowest BCUT2D eigenvalue weighted by Crippen LogP contribution is -2.26. The molecule has 0 aromatic rings. The minimum absolute atomic E-state index is 0.0139. The van der Waals surface area contributed by atoms with Gasteiger partial charge in [-0.15, -0.1) is 0 Å². The van der Waals surface area contributed by atoms with Gasteiger partial charge in [-0.2, -0.15) is 0 Å². The van der Waals surface area contributed by atoms with Crippen LogP contribution in [0, 0.1) is 11.3 Å². The zero-order valence-corrected chi connectivity index (χ0v) is 9.31. The molecule has 1 atom stereocenters. The van der Waals surface area contributed by atoms with Crippen LogP contribution in [0.2, 0.25) is 0 Å². The number of halogens is 3. The quantitative estimate of drug-likeness (QED) is 0.537. The molecule has 0 radical (unpaired) electrons. The van der Waals surface area contributed by atoms with Crippen molar-refractivity contribution < 1.29 is 13.6 Å². The van der Waals surface area contributed by atoms with Gasteiger partial charge in [0.05, 0.1) is 0 Å². The maximum atomic E-state index is 12.8. The van der Waals surface area contributed by atoms with Crippen LogP contribution in [0.4, 0.5) is 8.78 Å². The summed E-state index contributed by atoms with van der Waals surface area (Å²) in [5.41, 5.74) is -0.0139. The summed E-state index contributed by atoms with van der Waals surface area (Å²) in [6.07, 6.45) is 1.89. The average molecular weight is 300 g/mol. The van der Waals surface area contributed by atoms with Crippen LogP contribution in [0.1, 0.15) is 32.1 Å². The fourth-order valence-corrected chi connectivity index (χ4v) is 3.22. The third-order valence-electron chi connectivity index (χ3n) is 3.44. The first kappa shape index (κ1) is 9.80. The molecule has 0 heterocycles. The summed E-state index contributed by atoms with van der Waals surface area (Å²) in [5, 5.41) is 0. The van der Waals surface area contributed by atoms with E-state index in [0.717, 1.165) is 6.42 Å². The molecule has 0 aliphatic heterocycles. The molecule has 2 aliphatic rings. The van der Waals surface area contributed by atoms with Crippen LogP contribution in [-0.2, 0) is 4.79 Å². The summed E-state index contributed by atoms with van der Waals surface area (Å²) in [7, 11) is 0. The normalized spacial score (nSPS) is 34.5. The van der Waals surface area contributed by atoms with Gasteiger partial charge in [-0.3, -0.25) is 4.79 Å². The first-order valence-electron chi connectivity index (χ1n) is 4.52. The molecule has 0 aromatic carbocycles. The number of rotatable bonds is 1. The van der Waals surface area contributed by atoms with Gasteiger partial charge in [0, 0.05) is 18.8 Å². The Kier molecular flexibility index (Phi) is 2.17. The number of carbonyl (C=O) groups excluding carboxylic acids is 1. The van der Waals surface area contributed by atoms with E-state index in [-0.39, 0.29) is 28.0 Å². The predicted molar refractivity (Wildman–Crippen MR) is 53.0 cm³/mol. The standard InChI is InChI=1S/C9H11F2IO/c10-9(11)3-1-8(2-4-9)5-6(8)7(12)13/h6H,1-5H2. The molecule has 74 valence electrons. The number of hydrogen-bond acceptors (Lipinski definition) is 1. The van der Waals surface area contributed by atoms with Crippen LogP contribution in [0.5, 0.6) is 0 Å². The Morgan fingerprint density at radius 1 is 1.23 bits per heavy atom. The van der Waals surface area contributed by atoms with Crippen LogP contribution >= 0.6 is 22.6 Å². The summed E-state index contributed by atoms with van der Waals surface area (Å²) in [6.45, 7) is 0. The smallest absolute Gasteiger partial charge is 0.248 e. The Balaban J connectivity index is 1.97. The summed E-state index contributed by atoms with van der Waals surface area (Å²) >= 11 is 1.79. The third-order valence-corrected chi connectivity index (χ3v) is 4.19. The Labute approximate surface area is 89.4 Å². The van der Waals surface area contributed by atoms with E-state index in [0.29, 0.717) is 12.8 Å². The van der Waals surface area contributed by atoms with Gasteiger partial charge in [-0.25, -0.2) is 8.78 Å². The van der Waals surface area contributed by atoms with Crippen molar-refractivity contribution in [2.24, 2.45) is 11.3 Å². The lowest BCUT2D eigenvalue weighted by atomic mass is 9.82. The van der Waals surface area contributed by atoms with Gasteiger partial charge in [-0.1, -0.05) is 0 Å². The van der Waals surface area contributed by atoms with Crippen molar-refractivity contribution in [3.05, 3.63) is 0 Å². The molecule has 2 aliphatic carbocycles. The number of carbonyl (C=O) groups is 1. The molecule has 4 heteroatoms. The molecule has 0 amide bonds. The third kappa shape index (κ3) is 1.74. The fourth-order valence-electron chi connectivity index (χ4n) is 2.33. The molecular formula is C9H11F2IO. The molecule has 0 bridgehead atoms. The second kappa shape index (κ2) is 2.87. The summed E-state index contributed by atoms with van der Waals surface area (Å²) in [5.74, 6) is -2.38. The van der Waals surface area contributed by atoms with E-state index < -0.39 is 5.92 Å². The van der Waals surface area contributed by atoms with Crippen molar-refractivity contribution in [3.63, 3.8) is 0 Å². The predicted octanol–water partition coefficient (Wildman–Crippen LogP) is 3.16. The first-order valence-corrected chi connectivity index (χ1v) is 5.60. The molecule has 1 nitrogen and oxygen atoms in total. The van der Waals surface area contributed by atoms with E-state index in [1.165, 1.54) is 0 Å². The summed E-state index contributed by atoms with van der Waals surface area (Å²) < 4.78 is 25.8. The molecule has 0 N–H and O–H groups in total. The van der Waals surface area contributed by atoms with Gasteiger partial charge in [-0.05, 0) is 47.3 Å². The highest BCUT2D eigenvalue weighted by atomic mass is 127. The molecule has 1 unspecified atom stereocenters. The van der Waals surface area contributed by atoms with Crippen LogP contribution in [0.15, 0.2) is 0 Å². The second-order valence-electron chi connectivity index (χ2n) is 4.28. The molecular weight excluding hydrogens is 289 g/mol. The van der Waals surface area contributed by atoms with Crippen molar-refractivity contribution in [1.82, 2.24) is 0 Å². The zero-order valence-electron chi connectivity index (χ0n) is 7.16. The summed E-state index contributed by atoms with van der Waals surface area (Å²) in [4.78, 5) is 11.0. The van der Waals surface area contributed by atoms with Crippen molar-refractivity contribution in [3.8, 4) is 0 Å². The highest BCUT2D eigenvalue weighted by Gasteiger charge is 2.60. The lowest BCUT2D eigenvalue weighted by molar-refractivity contribution is -0.112. The van der Waals surface area contributed by atoms with Gasteiger partial charge in [0.1, 0.15) is 0 Å². The molecule has 13 heavy (non-hydrogen) atoms. The molecule has 2 saturated carbocycles. The van der Waals surface area contributed by atoms with Crippen LogP contribution < -0.4 is 0 Å². The Morgan fingerprint density at radius 3 is 2.15 bits per heavy atom. The molecule has 0 saturated heterocycles. The minimum atomic E-state index is -2.47. The Hall–Kier alpha value is 0.260. The van der Waals surface area contributed by atoms with Gasteiger partial charge in [0.25, 0.3) is 0 Å². The van der Waals surface area contributed by atoms with E-state index in [9.17, 15) is 13.6 Å². The Morgan fingerprint density at radius 2 is 1.77 bits per heavy atom. The molecule has 0 aromatic heterocycles. The highest BCUT2D eigenvalue weighted by Crippen LogP contribution is 2.64. The topological polar surface area (TPSA) is 17.1 Å². The van der Waals surface area contributed by atoms with Crippen LogP contribution in [0.25, 0.3) is 0 Å². The second-order valence-corrected chi connectivity index (χ2v) is 5.34. The van der Waals surface area contributed by atoms with Gasteiger partial charge in [0.2, 0.25) is 5.92 Å². The Bertz CT molecular complexity index is 242. The van der Waals surface area contributed by atoms with Crippen molar-refractivity contribution in [2.45, 2.75) is 38.0 Å². The number of alkyl halides is 2. The van der Waals surface area contributed by atoms with Gasteiger partial charge < -0.3 is 0 Å². The zero-order chi connectivity index (χ0) is 9.69. The first-order chi connectivity index (χ1) is 5.95. The van der Waals surface area contributed by atoms with Crippen molar-refractivity contribution in [2.75, 3.05) is 0 Å². The monoisotopic (exact) mass is 300 g/mol. The van der Waals surface area contributed by atoms with Crippen LogP contribution in [-0.4, -0.2) is 9.71 Å². The SMILES string of the molecule is O=C(I)C1CC12CCC(F)(F)CC2. The van der Waals surface area contributed by atoms with E-state index in [1.807, 2.05) is 0 Å². The van der Waals surface area contributed by atoms with E-state index in [2.05, 4.69) is 0 Å². The molecule has 1 spiro atoms. The maximum absolute atomic E-state index is 12.8. The van der Waals surface area contributed by atoms with E-state index >= 15 is 0 Å². The van der Waals surface area contributed by atoms with E-state index in [1.54, 1.807) is 22.6 Å². The highest BCUT2D eigenvalue weighted by molar-refractivity contribution is 14.1. The maximum Gasteiger partial charge on any atom is 0.248 e. The van der Waals surface area contributed by atoms with Crippen molar-refractivity contribution in [1.29, 1.82) is 0 Å². The lowest BCUT2D eigenvalue weighted by Gasteiger charge is -2.28. The number of hydrogen-bond donors (Lipinski definition) is 0. The van der Waals surface area contributed by atoms with E-state index in [4.69, 9.17) is 0 Å². The fraction of sp³-hybridized carbons (Fsp3) is 0.889. The van der Waals surface area contributed by atoms with Crippen LogP contribution in [0.3, 0.4) is 0 Å². The summed E-state index contributed by atoms with van der Waals surface area (Å²) in [6, 6.07) is 0. The molecule has 2 rings (SSSR count). The largest absolute Gasteiger partial charge is 0.287 e. The van der Waals surface area contributed by atoms with Gasteiger partial charge in [0.15, 0.2) is 3.79 Å². The van der Waals surface area contributed by atoms with Crippen molar-refractivity contribution >= 4 is 26.4 Å². The molecule has 2 fully saturated rings. The minimum Gasteiger partial charge on any atom is -0.287 e.